The summed E-state index contributed by atoms with van der Waals surface area (Å²) in [7, 11) is 1.60. The lowest BCUT2D eigenvalue weighted by Crippen LogP contribution is -2.32. The van der Waals surface area contributed by atoms with Gasteiger partial charge in [-0.3, -0.25) is 10.1 Å². The van der Waals surface area contributed by atoms with Crippen molar-refractivity contribution < 1.29 is 14.3 Å². The van der Waals surface area contributed by atoms with Crippen LogP contribution < -0.4 is 14.8 Å². The zero-order chi connectivity index (χ0) is 19.8. The molecule has 1 amide bonds. The van der Waals surface area contributed by atoms with Crippen molar-refractivity contribution in [3.63, 3.8) is 0 Å². The third-order valence-corrected chi connectivity index (χ3v) is 5.89. The highest BCUT2D eigenvalue weighted by atomic mass is 32.2. The molecule has 3 aromatic rings. The molecule has 28 heavy (non-hydrogen) atoms. The Bertz CT molecular complexity index is 885. The van der Waals surface area contributed by atoms with Crippen LogP contribution >= 0.6 is 23.1 Å². The van der Waals surface area contributed by atoms with Crippen LogP contribution in [-0.2, 0) is 10.5 Å². The quantitative estimate of drug-likeness (QED) is 0.406. The summed E-state index contributed by atoms with van der Waals surface area (Å²) in [4.78, 5) is 12.5. The molecule has 0 fully saturated rings. The molecule has 3 rings (SSSR count). The molecule has 1 heterocycles. The fraction of sp³-hybridized carbons (Fsp3) is 0.250. The van der Waals surface area contributed by atoms with Crippen molar-refractivity contribution in [2.24, 2.45) is 0 Å². The highest BCUT2D eigenvalue weighted by molar-refractivity contribution is 8.00. The molecule has 0 spiro atoms. The molecule has 0 aliphatic heterocycles. The van der Waals surface area contributed by atoms with Gasteiger partial charge in [0.15, 0.2) is 10.4 Å². The summed E-state index contributed by atoms with van der Waals surface area (Å²) >= 11 is 2.95. The van der Waals surface area contributed by atoms with Crippen LogP contribution in [0.25, 0.3) is 0 Å². The molecule has 8 heteroatoms. The van der Waals surface area contributed by atoms with E-state index in [1.165, 1.54) is 16.9 Å². The van der Waals surface area contributed by atoms with Crippen molar-refractivity contribution in [2.75, 3.05) is 12.4 Å². The van der Waals surface area contributed by atoms with Gasteiger partial charge in [0.1, 0.15) is 11.5 Å². The fourth-order valence-electron chi connectivity index (χ4n) is 2.36. The Balaban J connectivity index is 1.54. The maximum Gasteiger partial charge on any atom is 0.267 e. The maximum absolute atomic E-state index is 12.5. The van der Waals surface area contributed by atoms with E-state index < -0.39 is 6.10 Å². The molecule has 2 aromatic carbocycles. The van der Waals surface area contributed by atoms with E-state index in [2.05, 4.69) is 27.6 Å². The Labute approximate surface area is 172 Å². The minimum Gasteiger partial charge on any atom is -0.497 e. The van der Waals surface area contributed by atoms with Gasteiger partial charge in [0.2, 0.25) is 5.13 Å². The lowest BCUT2D eigenvalue weighted by Gasteiger charge is -2.16. The first kappa shape index (κ1) is 20.2. The molecule has 0 bridgehead atoms. The first-order valence-electron chi connectivity index (χ1n) is 8.79. The maximum atomic E-state index is 12.5. The minimum atomic E-state index is -0.613. The predicted octanol–water partition coefficient (Wildman–Crippen LogP) is 4.64. The van der Waals surface area contributed by atoms with E-state index in [0.717, 1.165) is 15.8 Å². The van der Waals surface area contributed by atoms with Crippen LogP contribution in [0.1, 0.15) is 18.9 Å². The third kappa shape index (κ3) is 5.71. The number of carbonyl (C=O) groups excluding carboxylic acids is 1. The standard InChI is InChI=1S/C20H21N3O3S2/c1-3-17(26-16-11-9-15(25-2)10-12-16)18(24)21-19-22-23-20(28-19)27-13-14-7-5-4-6-8-14/h4-12,17H,3,13H2,1-2H3,(H,21,22,24). The van der Waals surface area contributed by atoms with Crippen molar-refractivity contribution in [1.29, 1.82) is 0 Å². The lowest BCUT2D eigenvalue weighted by molar-refractivity contribution is -0.122. The first-order valence-corrected chi connectivity index (χ1v) is 10.6. The van der Waals surface area contributed by atoms with E-state index in [-0.39, 0.29) is 5.91 Å². The van der Waals surface area contributed by atoms with E-state index in [4.69, 9.17) is 9.47 Å². The predicted molar refractivity (Wildman–Crippen MR) is 112 cm³/mol. The second kappa shape index (κ2) is 10.1. The Morgan fingerprint density at radius 1 is 1.11 bits per heavy atom. The molecule has 1 unspecified atom stereocenters. The summed E-state index contributed by atoms with van der Waals surface area (Å²) in [6.45, 7) is 1.90. The second-order valence-electron chi connectivity index (χ2n) is 5.83. The van der Waals surface area contributed by atoms with Gasteiger partial charge in [-0.1, -0.05) is 60.4 Å². The Morgan fingerprint density at radius 3 is 2.50 bits per heavy atom. The number of hydrogen-bond acceptors (Lipinski definition) is 7. The van der Waals surface area contributed by atoms with Gasteiger partial charge in [-0.15, -0.1) is 10.2 Å². The molecule has 0 aliphatic carbocycles. The van der Waals surface area contributed by atoms with Gasteiger partial charge < -0.3 is 9.47 Å². The van der Waals surface area contributed by atoms with Gasteiger partial charge in [0, 0.05) is 5.75 Å². The summed E-state index contributed by atoms with van der Waals surface area (Å²) < 4.78 is 11.7. The number of thioether (sulfide) groups is 1. The van der Waals surface area contributed by atoms with Crippen molar-refractivity contribution in [1.82, 2.24) is 10.2 Å². The molecule has 0 aliphatic rings. The van der Waals surface area contributed by atoms with Crippen LogP contribution in [0.15, 0.2) is 58.9 Å². The van der Waals surface area contributed by atoms with Gasteiger partial charge in [-0.2, -0.15) is 0 Å². The number of nitrogens with one attached hydrogen (secondary N) is 1. The molecule has 0 radical (unpaired) electrons. The van der Waals surface area contributed by atoms with Gasteiger partial charge in [-0.25, -0.2) is 0 Å². The van der Waals surface area contributed by atoms with Crippen molar-refractivity contribution in [3.05, 3.63) is 60.2 Å². The van der Waals surface area contributed by atoms with Crippen LogP contribution in [-0.4, -0.2) is 29.3 Å². The van der Waals surface area contributed by atoms with Crippen LogP contribution in [0.2, 0.25) is 0 Å². The summed E-state index contributed by atoms with van der Waals surface area (Å²) in [6.07, 6.45) is -0.0792. The normalized spacial score (nSPS) is 11.6. The van der Waals surface area contributed by atoms with Gasteiger partial charge >= 0.3 is 0 Å². The number of benzene rings is 2. The second-order valence-corrected chi connectivity index (χ2v) is 8.03. The molecule has 1 aromatic heterocycles. The monoisotopic (exact) mass is 415 g/mol. The molecule has 1 N–H and O–H groups in total. The highest BCUT2D eigenvalue weighted by Gasteiger charge is 2.20. The first-order chi connectivity index (χ1) is 13.7. The Morgan fingerprint density at radius 2 is 1.82 bits per heavy atom. The number of methoxy groups -OCH3 is 1. The fourth-order valence-corrected chi connectivity index (χ4v) is 4.08. The van der Waals surface area contributed by atoms with E-state index in [9.17, 15) is 4.79 Å². The van der Waals surface area contributed by atoms with E-state index in [0.29, 0.717) is 17.3 Å². The number of nitrogens with zero attached hydrogens (tertiary/aromatic N) is 2. The molecule has 6 nitrogen and oxygen atoms in total. The Kier molecular flexibility index (Phi) is 7.27. The number of carbonyl (C=O) groups is 1. The number of hydrogen-bond donors (Lipinski definition) is 1. The Hall–Kier alpha value is -2.58. The molecular weight excluding hydrogens is 394 g/mol. The molecule has 0 saturated carbocycles. The number of aromatic nitrogens is 2. The summed E-state index contributed by atoms with van der Waals surface area (Å²) in [5, 5.41) is 11.5. The number of rotatable bonds is 9. The van der Waals surface area contributed by atoms with E-state index in [1.807, 2.05) is 25.1 Å². The lowest BCUT2D eigenvalue weighted by atomic mass is 10.2. The summed E-state index contributed by atoms with van der Waals surface area (Å²) in [5.74, 6) is 1.91. The third-order valence-electron chi connectivity index (χ3n) is 3.84. The average Bonchev–Trinajstić information content (AvgIpc) is 3.19. The largest absolute Gasteiger partial charge is 0.497 e. The van der Waals surface area contributed by atoms with E-state index >= 15 is 0 Å². The highest BCUT2D eigenvalue weighted by Crippen LogP contribution is 2.28. The van der Waals surface area contributed by atoms with Crippen LogP contribution in [0.4, 0.5) is 5.13 Å². The molecule has 146 valence electrons. The average molecular weight is 416 g/mol. The number of ether oxygens (including phenoxy) is 2. The van der Waals surface area contributed by atoms with Crippen molar-refractivity contribution >= 4 is 34.1 Å². The zero-order valence-electron chi connectivity index (χ0n) is 15.6. The molecule has 1 atom stereocenters. The van der Waals surface area contributed by atoms with Crippen LogP contribution in [0, 0.1) is 0 Å². The van der Waals surface area contributed by atoms with E-state index in [1.54, 1.807) is 43.1 Å². The van der Waals surface area contributed by atoms with Gasteiger partial charge in [0.25, 0.3) is 5.91 Å². The number of anilines is 1. The smallest absolute Gasteiger partial charge is 0.267 e. The summed E-state index contributed by atoms with van der Waals surface area (Å²) in [6, 6.07) is 17.3. The van der Waals surface area contributed by atoms with Crippen LogP contribution in [0.3, 0.4) is 0 Å². The van der Waals surface area contributed by atoms with Gasteiger partial charge in [-0.05, 0) is 36.2 Å². The number of amides is 1. The zero-order valence-corrected chi connectivity index (χ0v) is 17.3. The SMILES string of the molecule is CCC(Oc1ccc(OC)cc1)C(=O)Nc1nnc(SCc2ccccc2)s1. The topological polar surface area (TPSA) is 73.3 Å². The van der Waals surface area contributed by atoms with Crippen molar-refractivity contribution in [3.8, 4) is 11.5 Å². The van der Waals surface area contributed by atoms with Crippen LogP contribution in [0.5, 0.6) is 11.5 Å². The van der Waals surface area contributed by atoms with Gasteiger partial charge in [0.05, 0.1) is 7.11 Å². The molecular formula is C20H21N3O3S2. The minimum absolute atomic E-state index is 0.242. The molecule has 0 saturated heterocycles. The summed E-state index contributed by atoms with van der Waals surface area (Å²) in [5.41, 5.74) is 1.22. The van der Waals surface area contributed by atoms with Crippen molar-refractivity contribution in [2.45, 2.75) is 29.5 Å².